The molecule has 2 aliphatic heterocycles. The highest BCUT2D eigenvalue weighted by Crippen LogP contribution is 2.24. The van der Waals surface area contributed by atoms with Crippen LogP contribution in [0.15, 0.2) is 60.7 Å². The largest absolute Gasteiger partial charge is 0.481 e. The topological polar surface area (TPSA) is 149 Å². The lowest BCUT2D eigenvalue weighted by Gasteiger charge is -2.20. The number of hydrogen-bond donors (Lipinski definition) is 2. The molecular formula is C42H62N2O8S2. The van der Waals surface area contributed by atoms with Crippen LogP contribution in [0.5, 0.6) is 0 Å². The van der Waals surface area contributed by atoms with Gasteiger partial charge in [0, 0.05) is 43.4 Å². The number of imide groups is 2. The van der Waals surface area contributed by atoms with Crippen molar-refractivity contribution >= 4 is 57.8 Å². The van der Waals surface area contributed by atoms with Crippen molar-refractivity contribution in [1.82, 2.24) is 9.80 Å². The van der Waals surface area contributed by atoms with Crippen LogP contribution in [0, 0.1) is 11.8 Å². The van der Waals surface area contributed by atoms with Gasteiger partial charge in [0.2, 0.25) is 11.8 Å². The molecule has 2 aliphatic rings. The lowest BCUT2D eigenvalue weighted by atomic mass is 9.97. The number of carboxylic acid groups (broad SMARTS) is 2. The van der Waals surface area contributed by atoms with Gasteiger partial charge in [-0.1, -0.05) is 138 Å². The van der Waals surface area contributed by atoms with E-state index in [-0.39, 0.29) is 40.5 Å². The summed E-state index contributed by atoms with van der Waals surface area (Å²) in [5.74, 6) is 0.121. The Morgan fingerprint density at radius 3 is 1.39 bits per heavy atom. The van der Waals surface area contributed by atoms with Crippen LogP contribution in [0.3, 0.4) is 0 Å². The third-order valence-corrected chi connectivity index (χ3v) is 10.4. The molecule has 0 aromatic heterocycles. The van der Waals surface area contributed by atoms with E-state index in [0.717, 1.165) is 88.6 Å². The summed E-state index contributed by atoms with van der Waals surface area (Å²) in [5.41, 5.74) is 2.45. The smallest absolute Gasteiger partial charge is 0.306 e. The quantitative estimate of drug-likeness (QED) is 0.150. The van der Waals surface area contributed by atoms with Gasteiger partial charge in [0.25, 0.3) is 10.5 Å². The van der Waals surface area contributed by atoms with E-state index in [4.69, 9.17) is 10.2 Å². The highest BCUT2D eigenvalue weighted by molar-refractivity contribution is 8.14. The lowest BCUT2D eigenvalue weighted by molar-refractivity contribution is -0.142. The molecular weight excluding hydrogens is 725 g/mol. The molecule has 2 N–H and O–H groups in total. The summed E-state index contributed by atoms with van der Waals surface area (Å²) in [6, 6.07) is 20.0. The van der Waals surface area contributed by atoms with Crippen LogP contribution in [-0.4, -0.2) is 78.8 Å². The Kier molecular flexibility index (Phi) is 26.6. The Hall–Kier alpha value is -3.64. The van der Waals surface area contributed by atoms with E-state index < -0.39 is 11.9 Å². The minimum absolute atomic E-state index is 0.0315. The second-order valence-electron chi connectivity index (χ2n) is 13.2. The molecule has 0 aliphatic carbocycles. The number of carbonyl (C=O) groups excluding carboxylic acids is 4. The van der Waals surface area contributed by atoms with E-state index in [1.54, 1.807) is 0 Å². The Balaban J connectivity index is 0.000000368. The number of benzene rings is 2. The van der Waals surface area contributed by atoms with Gasteiger partial charge >= 0.3 is 11.9 Å². The molecule has 0 spiro atoms. The normalized spacial score (nSPS) is 13.4. The van der Waals surface area contributed by atoms with Gasteiger partial charge in [0.15, 0.2) is 0 Å². The number of thioether (sulfide) groups is 2. The molecule has 0 radical (unpaired) electrons. The zero-order valence-electron chi connectivity index (χ0n) is 32.7. The molecule has 4 rings (SSSR count). The van der Waals surface area contributed by atoms with Crippen molar-refractivity contribution in [2.24, 2.45) is 11.8 Å². The molecule has 2 aromatic rings. The SMILES string of the molecule is CCCC(CCC)C(=O)N1CCSC1=O.CCCC(CCC)C(=O)O.O=C(CCCc1ccccc1)N1CCSC1=O.O=C(O)CCCc1ccccc1. The number of nitrogens with zero attached hydrogens (tertiary/aromatic N) is 2. The summed E-state index contributed by atoms with van der Waals surface area (Å²) in [5, 5.41) is 16.9. The van der Waals surface area contributed by atoms with Crippen molar-refractivity contribution in [3.05, 3.63) is 71.8 Å². The summed E-state index contributed by atoms with van der Waals surface area (Å²) < 4.78 is 0. The summed E-state index contributed by atoms with van der Waals surface area (Å²) in [4.78, 5) is 69.9. The fourth-order valence-corrected chi connectivity index (χ4v) is 7.51. The molecule has 54 heavy (non-hydrogen) atoms. The van der Waals surface area contributed by atoms with E-state index >= 15 is 0 Å². The molecule has 2 heterocycles. The maximum absolute atomic E-state index is 12.0. The van der Waals surface area contributed by atoms with E-state index in [1.807, 2.05) is 62.4 Å². The minimum Gasteiger partial charge on any atom is -0.481 e. The third-order valence-electron chi connectivity index (χ3n) is 8.73. The Morgan fingerprint density at radius 1 is 0.611 bits per heavy atom. The predicted molar refractivity (Wildman–Crippen MR) is 220 cm³/mol. The van der Waals surface area contributed by atoms with Gasteiger partial charge in [-0.05, 0) is 62.5 Å². The number of amides is 4. The van der Waals surface area contributed by atoms with Crippen LogP contribution in [0.2, 0.25) is 0 Å². The van der Waals surface area contributed by atoms with Crippen molar-refractivity contribution in [2.75, 3.05) is 24.6 Å². The van der Waals surface area contributed by atoms with Crippen LogP contribution < -0.4 is 0 Å². The fourth-order valence-electron chi connectivity index (χ4n) is 5.92. The minimum atomic E-state index is -0.717. The number of carbonyl (C=O) groups is 6. The van der Waals surface area contributed by atoms with Gasteiger partial charge in [0.05, 0.1) is 5.92 Å². The van der Waals surface area contributed by atoms with Crippen LogP contribution >= 0.6 is 23.5 Å². The van der Waals surface area contributed by atoms with E-state index in [2.05, 4.69) is 26.0 Å². The Labute approximate surface area is 331 Å². The molecule has 2 fully saturated rings. The highest BCUT2D eigenvalue weighted by atomic mass is 32.2. The molecule has 300 valence electrons. The fraction of sp³-hybridized carbons (Fsp3) is 0.571. The van der Waals surface area contributed by atoms with Crippen molar-refractivity contribution in [3.8, 4) is 0 Å². The van der Waals surface area contributed by atoms with Crippen LogP contribution in [-0.2, 0) is 32.0 Å². The monoisotopic (exact) mass is 786 g/mol. The lowest BCUT2D eigenvalue weighted by Crippen LogP contribution is -2.36. The highest BCUT2D eigenvalue weighted by Gasteiger charge is 2.31. The van der Waals surface area contributed by atoms with Crippen molar-refractivity contribution in [3.63, 3.8) is 0 Å². The molecule has 10 nitrogen and oxygen atoms in total. The molecule has 0 bridgehead atoms. The zero-order valence-corrected chi connectivity index (χ0v) is 34.3. The van der Waals surface area contributed by atoms with Crippen LogP contribution in [0.4, 0.5) is 9.59 Å². The number of rotatable bonds is 18. The summed E-state index contributed by atoms with van der Waals surface area (Å²) >= 11 is 2.48. The van der Waals surface area contributed by atoms with E-state index in [9.17, 15) is 28.8 Å². The first kappa shape index (κ1) is 48.4. The van der Waals surface area contributed by atoms with Crippen molar-refractivity contribution < 1.29 is 39.0 Å². The van der Waals surface area contributed by atoms with Crippen molar-refractivity contribution in [2.45, 2.75) is 118 Å². The van der Waals surface area contributed by atoms with Gasteiger partial charge in [-0.25, -0.2) is 0 Å². The number of hydrogen-bond acceptors (Lipinski definition) is 8. The summed E-state index contributed by atoms with van der Waals surface area (Å²) in [6.45, 7) is 9.38. The molecule has 0 atom stereocenters. The maximum Gasteiger partial charge on any atom is 0.306 e. The number of carboxylic acids is 2. The van der Waals surface area contributed by atoms with Gasteiger partial charge in [-0.3, -0.25) is 38.6 Å². The van der Waals surface area contributed by atoms with Crippen LogP contribution in [0.25, 0.3) is 0 Å². The summed E-state index contributed by atoms with van der Waals surface area (Å²) in [6.07, 6.45) is 11.4. The molecule has 2 aromatic carbocycles. The number of aliphatic carboxylic acids is 2. The second kappa shape index (κ2) is 29.7. The summed E-state index contributed by atoms with van der Waals surface area (Å²) in [7, 11) is 0. The first-order chi connectivity index (χ1) is 26.0. The average molecular weight is 787 g/mol. The van der Waals surface area contributed by atoms with Gasteiger partial charge in [-0.15, -0.1) is 0 Å². The first-order valence-corrected chi connectivity index (χ1v) is 21.4. The number of aryl methyl sites for hydroxylation is 2. The van der Waals surface area contributed by atoms with Gasteiger partial charge in [0.1, 0.15) is 0 Å². The van der Waals surface area contributed by atoms with Crippen molar-refractivity contribution in [1.29, 1.82) is 0 Å². The van der Waals surface area contributed by atoms with Gasteiger partial charge in [-0.2, -0.15) is 0 Å². The Bertz CT molecular complexity index is 1380. The molecule has 12 heteroatoms. The third kappa shape index (κ3) is 20.7. The zero-order chi connectivity index (χ0) is 40.1. The standard InChI is InChI=1S/C13H15NO2S.C11H19NO2S.C10H12O2.C8H16O2/c15-12(14-9-10-17-13(14)16)8-4-7-11-5-2-1-3-6-11;1-3-5-9(6-4-2)10(13)12-7-8-15-11(12)14;11-10(12)8-4-7-9-5-2-1-3-6-9;1-3-5-7(6-4-2)8(9)10/h1-3,5-6H,4,7-10H2;9H,3-8H2,1-2H3;1-3,5-6H,4,7-8H2,(H,11,12);7H,3-6H2,1-2H3,(H,9,10). The molecule has 4 amide bonds. The van der Waals surface area contributed by atoms with E-state index in [0.29, 0.717) is 19.5 Å². The molecule has 0 saturated carbocycles. The Morgan fingerprint density at radius 2 is 1.02 bits per heavy atom. The van der Waals surface area contributed by atoms with Crippen LogP contribution in [0.1, 0.15) is 116 Å². The average Bonchev–Trinajstić information content (AvgIpc) is 3.80. The molecule has 2 saturated heterocycles. The predicted octanol–water partition coefficient (Wildman–Crippen LogP) is 9.98. The van der Waals surface area contributed by atoms with E-state index in [1.165, 1.54) is 44.5 Å². The second-order valence-corrected chi connectivity index (χ2v) is 15.3. The first-order valence-electron chi connectivity index (χ1n) is 19.5. The molecule has 0 unspecified atom stereocenters. The van der Waals surface area contributed by atoms with Gasteiger partial charge < -0.3 is 10.2 Å². The maximum atomic E-state index is 12.0.